The third-order valence-corrected chi connectivity index (χ3v) is 11.4. The van der Waals surface area contributed by atoms with Crippen LogP contribution in [0, 0.1) is 0 Å². The second kappa shape index (κ2) is 12.0. The normalized spacial score (nSPS) is 15.6. The Morgan fingerprint density at radius 3 is 1.94 bits per heavy atom. The predicted molar refractivity (Wildman–Crippen MR) is 220 cm³/mol. The fraction of sp³-hybridized carbons (Fsp3) is 0.0400. The van der Waals surface area contributed by atoms with Crippen molar-refractivity contribution in [3.63, 3.8) is 0 Å². The molecule has 3 heterocycles. The van der Waals surface area contributed by atoms with Gasteiger partial charge in [0.15, 0.2) is 0 Å². The van der Waals surface area contributed by atoms with E-state index in [0.717, 1.165) is 39.6 Å². The minimum atomic E-state index is -0.563. The van der Waals surface area contributed by atoms with Crippen molar-refractivity contribution in [2.45, 2.75) is 11.5 Å². The Labute approximate surface area is 314 Å². The van der Waals surface area contributed by atoms with Gasteiger partial charge in [-0.1, -0.05) is 140 Å². The first-order valence-electron chi connectivity index (χ1n) is 18.5. The summed E-state index contributed by atoms with van der Waals surface area (Å²) < 4.78 is 0. The maximum Gasteiger partial charge on any atom is 0.133 e. The number of fused-ring (bicyclic) bond motifs is 10. The monoisotopic (exact) mass is 690 g/mol. The second-order valence-corrected chi connectivity index (χ2v) is 14.2. The molecule has 1 spiro atoms. The number of nitrogens with one attached hydrogen (secondary N) is 1. The summed E-state index contributed by atoms with van der Waals surface area (Å²) in [4.78, 5) is 12.8. The lowest BCUT2D eigenvalue weighted by Crippen LogP contribution is -2.36. The summed E-state index contributed by atoms with van der Waals surface area (Å²) in [6.45, 7) is 0. The van der Waals surface area contributed by atoms with E-state index < -0.39 is 5.41 Å². The third kappa shape index (κ3) is 4.44. The number of nitrogens with zero attached hydrogens (tertiary/aromatic N) is 3. The van der Waals surface area contributed by atoms with Gasteiger partial charge in [-0.2, -0.15) is 0 Å². The molecule has 54 heavy (non-hydrogen) atoms. The van der Waals surface area contributed by atoms with Gasteiger partial charge in [0, 0.05) is 34.3 Å². The van der Waals surface area contributed by atoms with Crippen molar-refractivity contribution in [1.82, 2.24) is 4.98 Å². The van der Waals surface area contributed by atoms with Crippen LogP contribution in [0.1, 0.15) is 45.0 Å². The first-order valence-corrected chi connectivity index (χ1v) is 18.5. The molecule has 3 aliphatic rings. The van der Waals surface area contributed by atoms with Crippen molar-refractivity contribution in [3.8, 4) is 22.4 Å². The van der Waals surface area contributed by atoms with Crippen LogP contribution in [0.25, 0.3) is 22.4 Å². The second-order valence-electron chi connectivity index (χ2n) is 14.2. The molecule has 8 aromatic rings. The van der Waals surface area contributed by atoms with E-state index in [4.69, 9.17) is 9.98 Å². The average Bonchev–Trinajstić information content (AvgIpc) is 3.54. The smallest absolute Gasteiger partial charge is 0.133 e. The molecule has 1 aliphatic carbocycles. The van der Waals surface area contributed by atoms with Crippen LogP contribution in [0.3, 0.4) is 0 Å². The molecule has 0 saturated heterocycles. The summed E-state index contributed by atoms with van der Waals surface area (Å²) in [6, 6.07) is 67.6. The molecule has 1 aromatic heterocycles. The van der Waals surface area contributed by atoms with Crippen LogP contribution < -0.4 is 10.2 Å². The number of hydrogen-bond donors (Lipinski definition) is 1. The first-order chi connectivity index (χ1) is 26.8. The van der Waals surface area contributed by atoms with Crippen molar-refractivity contribution >= 4 is 28.6 Å². The van der Waals surface area contributed by atoms with Crippen LogP contribution in [0.15, 0.2) is 199 Å². The number of rotatable bonds is 4. The Kier molecular flexibility index (Phi) is 6.80. The summed E-state index contributed by atoms with van der Waals surface area (Å²) in [5, 5.41) is 3.67. The molecule has 0 fully saturated rings. The quantitative estimate of drug-likeness (QED) is 0.200. The molecule has 4 nitrogen and oxygen atoms in total. The zero-order chi connectivity index (χ0) is 35.6. The summed E-state index contributed by atoms with van der Waals surface area (Å²) in [6.07, 6.45) is 1.93. The van der Waals surface area contributed by atoms with Gasteiger partial charge in [-0.05, 0) is 87.5 Å². The number of benzene rings is 7. The summed E-state index contributed by atoms with van der Waals surface area (Å²) >= 11 is 0. The summed E-state index contributed by atoms with van der Waals surface area (Å²) in [7, 11) is 0. The van der Waals surface area contributed by atoms with Crippen molar-refractivity contribution in [2.24, 2.45) is 4.99 Å². The lowest BCUT2D eigenvalue weighted by molar-refractivity contribution is 0.751. The number of amidine groups is 1. The van der Waals surface area contributed by atoms with Crippen molar-refractivity contribution < 1.29 is 0 Å². The molecule has 0 radical (unpaired) electrons. The zero-order valence-electron chi connectivity index (χ0n) is 29.4. The van der Waals surface area contributed by atoms with Crippen LogP contribution in [-0.4, -0.2) is 10.8 Å². The van der Waals surface area contributed by atoms with Gasteiger partial charge in [-0.25, -0.2) is 0 Å². The number of aliphatic imine (C=N–C) groups is 1. The van der Waals surface area contributed by atoms with Gasteiger partial charge in [-0.15, -0.1) is 0 Å². The van der Waals surface area contributed by atoms with Crippen molar-refractivity contribution in [3.05, 3.63) is 233 Å². The molecule has 254 valence electrons. The third-order valence-electron chi connectivity index (χ3n) is 11.4. The minimum absolute atomic E-state index is 0.0879. The van der Waals surface area contributed by atoms with Gasteiger partial charge in [0.25, 0.3) is 0 Å². The Hall–Kier alpha value is -7.04. The molecule has 2 aliphatic heterocycles. The molecular weight excluding hydrogens is 657 g/mol. The van der Waals surface area contributed by atoms with Crippen LogP contribution in [0.2, 0.25) is 0 Å². The van der Waals surface area contributed by atoms with E-state index in [1.54, 1.807) is 0 Å². The van der Waals surface area contributed by atoms with Gasteiger partial charge in [0.05, 0.1) is 22.5 Å². The minimum Gasteiger partial charge on any atom is -0.340 e. The molecule has 1 atom stereocenters. The maximum atomic E-state index is 5.33. The van der Waals surface area contributed by atoms with E-state index in [-0.39, 0.29) is 6.04 Å². The number of aromatic nitrogens is 1. The molecule has 11 rings (SSSR count). The van der Waals surface area contributed by atoms with E-state index in [1.165, 1.54) is 50.3 Å². The Morgan fingerprint density at radius 1 is 0.500 bits per heavy atom. The van der Waals surface area contributed by atoms with E-state index in [0.29, 0.717) is 0 Å². The molecule has 0 amide bonds. The Bertz CT molecular complexity index is 2720. The van der Waals surface area contributed by atoms with E-state index in [9.17, 15) is 0 Å². The highest BCUT2D eigenvalue weighted by atomic mass is 15.2. The summed E-state index contributed by atoms with van der Waals surface area (Å²) in [5.74, 6) is 0.870. The van der Waals surface area contributed by atoms with E-state index >= 15 is 0 Å². The largest absolute Gasteiger partial charge is 0.340 e. The first kappa shape index (κ1) is 30.6. The average molecular weight is 691 g/mol. The van der Waals surface area contributed by atoms with Crippen LogP contribution >= 0.6 is 0 Å². The zero-order valence-corrected chi connectivity index (χ0v) is 29.4. The fourth-order valence-electron chi connectivity index (χ4n) is 9.08. The molecule has 1 unspecified atom stereocenters. The Morgan fingerprint density at radius 2 is 1.15 bits per heavy atom. The van der Waals surface area contributed by atoms with E-state index in [2.05, 4.69) is 198 Å². The number of pyridine rings is 1. The molecule has 7 aromatic carbocycles. The number of hydrogen-bond acceptors (Lipinski definition) is 4. The lowest BCUT2D eigenvalue weighted by Gasteiger charge is -2.45. The van der Waals surface area contributed by atoms with Crippen LogP contribution in [0.5, 0.6) is 0 Å². The molecule has 1 N–H and O–H groups in total. The van der Waals surface area contributed by atoms with Gasteiger partial charge in [-0.3, -0.25) is 9.98 Å². The standard InChI is InChI=1S/C50H34N4/c1-3-15-33(16-4-1)47-39-21-7-10-25-44(39)52-49(53-47)36-18-13-17-34(31-36)35-28-29-38-43(32-35)50(42-24-14-30-51-48(38)42)40-22-8-11-26-45(40)54(37-19-5-2-6-20-37)46-27-12-9-23-41(46)50/h1-32,47H,(H,52,53). The maximum absolute atomic E-state index is 5.33. The highest BCUT2D eigenvalue weighted by Crippen LogP contribution is 2.63. The van der Waals surface area contributed by atoms with Crippen LogP contribution in [0.4, 0.5) is 22.7 Å². The molecule has 4 heteroatoms. The summed E-state index contributed by atoms with van der Waals surface area (Å²) in [5.41, 5.74) is 16.9. The number of para-hydroxylation sites is 4. The van der Waals surface area contributed by atoms with Gasteiger partial charge >= 0.3 is 0 Å². The topological polar surface area (TPSA) is 40.5 Å². The predicted octanol–water partition coefficient (Wildman–Crippen LogP) is 11.9. The highest BCUT2D eigenvalue weighted by Gasteiger charge is 2.52. The van der Waals surface area contributed by atoms with Crippen LogP contribution in [-0.2, 0) is 5.41 Å². The van der Waals surface area contributed by atoms with E-state index in [1.807, 2.05) is 6.20 Å². The highest BCUT2D eigenvalue weighted by molar-refractivity contribution is 6.10. The van der Waals surface area contributed by atoms with Gasteiger partial charge < -0.3 is 10.2 Å². The lowest BCUT2D eigenvalue weighted by atomic mass is 9.64. The fourth-order valence-corrected chi connectivity index (χ4v) is 9.08. The van der Waals surface area contributed by atoms with Crippen molar-refractivity contribution in [2.75, 3.05) is 10.2 Å². The molecular formula is C50H34N4. The molecule has 0 bridgehead atoms. The Balaban J connectivity index is 1.09. The van der Waals surface area contributed by atoms with Crippen molar-refractivity contribution in [1.29, 1.82) is 0 Å². The number of anilines is 4. The molecule has 0 saturated carbocycles. The SMILES string of the molecule is c1ccc(C2N=C(c3cccc(-c4ccc5c(c4)C4(c6ccccc6N(c6ccccc6)c6ccccc64)c4cccnc4-5)c3)Nc3ccccc32)cc1. The van der Waals surface area contributed by atoms with Gasteiger partial charge in [0.1, 0.15) is 11.9 Å². The van der Waals surface area contributed by atoms with Gasteiger partial charge in [0.2, 0.25) is 0 Å².